The molecule has 0 radical (unpaired) electrons. The molecule has 1 fully saturated rings. The summed E-state index contributed by atoms with van der Waals surface area (Å²) in [6.07, 6.45) is 5.60. The first-order valence-corrected chi connectivity index (χ1v) is 15.9. The number of nitrogens with zero attached hydrogens (tertiary/aromatic N) is 2. The molecule has 2 aromatic carbocycles. The number of nitrogens with one attached hydrogen (secondary N) is 1. The number of aromatic nitrogens is 1. The van der Waals surface area contributed by atoms with Crippen LogP contribution in [0.4, 0.5) is 10.1 Å². The molecule has 7 nitrogen and oxygen atoms in total. The lowest BCUT2D eigenvalue weighted by molar-refractivity contribution is 0.0593. The van der Waals surface area contributed by atoms with Gasteiger partial charge in [-0.1, -0.05) is 32.9 Å². The lowest BCUT2D eigenvalue weighted by Gasteiger charge is -2.29. The Morgan fingerprint density at radius 2 is 1.88 bits per heavy atom. The van der Waals surface area contributed by atoms with Crippen LogP contribution in [-0.4, -0.2) is 44.7 Å². The maximum absolute atomic E-state index is 14.8. The van der Waals surface area contributed by atoms with E-state index in [-0.39, 0.29) is 16.0 Å². The molecular weight excluding hydrogens is 541 g/mol. The summed E-state index contributed by atoms with van der Waals surface area (Å²) in [6.45, 7) is 10.8. The number of pyridine rings is 1. The largest absolute Gasteiger partial charge is 0.493 e. The summed E-state index contributed by atoms with van der Waals surface area (Å²) >= 11 is 0. The molecule has 9 heteroatoms. The van der Waals surface area contributed by atoms with Crippen LogP contribution >= 0.6 is 0 Å². The molecule has 220 valence electrons. The summed E-state index contributed by atoms with van der Waals surface area (Å²) in [5.74, 6) is 0.273. The number of hydrogen-bond donors (Lipinski definition) is 1. The monoisotopic (exact) mass is 581 g/mol. The molecule has 0 unspecified atom stereocenters. The molecule has 41 heavy (non-hydrogen) atoms. The van der Waals surface area contributed by atoms with E-state index in [2.05, 4.69) is 47.5 Å². The maximum Gasteiger partial charge on any atom is 0.261 e. The van der Waals surface area contributed by atoms with Crippen LogP contribution in [0.25, 0.3) is 0 Å². The van der Waals surface area contributed by atoms with E-state index in [0.717, 1.165) is 80.9 Å². The highest BCUT2D eigenvalue weighted by atomic mass is 32.2. The Balaban J connectivity index is 1.18. The zero-order chi connectivity index (χ0) is 29.0. The van der Waals surface area contributed by atoms with Crippen LogP contribution < -0.4 is 9.46 Å². The lowest BCUT2D eigenvalue weighted by Crippen LogP contribution is -2.30. The van der Waals surface area contributed by atoms with Crippen molar-refractivity contribution in [1.82, 2.24) is 9.88 Å². The normalized spacial score (nSPS) is 16.8. The van der Waals surface area contributed by atoms with Crippen LogP contribution in [0.1, 0.15) is 62.4 Å². The SMILES string of the molecule is CC(C)(C)c1ccc(CN2CCc3cc(S(=O)(=O)Nc4ccc(OCCC5CCOCC5)cc4F)ccc3C2)cn1. The van der Waals surface area contributed by atoms with E-state index in [9.17, 15) is 12.8 Å². The van der Waals surface area contributed by atoms with Gasteiger partial charge in [-0.3, -0.25) is 14.6 Å². The van der Waals surface area contributed by atoms with Crippen molar-refractivity contribution in [3.8, 4) is 5.75 Å². The molecule has 1 saturated heterocycles. The van der Waals surface area contributed by atoms with Gasteiger partial charge in [0.1, 0.15) is 5.75 Å². The first kappa shape index (κ1) is 29.5. The number of sulfonamides is 1. The number of hydrogen-bond acceptors (Lipinski definition) is 6. The van der Waals surface area contributed by atoms with Gasteiger partial charge < -0.3 is 9.47 Å². The molecule has 1 aromatic heterocycles. The molecule has 0 aliphatic carbocycles. The number of fused-ring (bicyclic) bond motifs is 1. The Morgan fingerprint density at radius 1 is 1.07 bits per heavy atom. The Labute approximate surface area is 243 Å². The predicted octanol–water partition coefficient (Wildman–Crippen LogP) is 6.07. The van der Waals surface area contributed by atoms with Crippen molar-refractivity contribution in [1.29, 1.82) is 0 Å². The van der Waals surface area contributed by atoms with Gasteiger partial charge in [-0.15, -0.1) is 0 Å². The predicted molar refractivity (Wildman–Crippen MR) is 158 cm³/mol. The Morgan fingerprint density at radius 3 is 2.59 bits per heavy atom. The number of anilines is 1. The van der Waals surface area contributed by atoms with Gasteiger partial charge >= 0.3 is 0 Å². The molecular formula is C32H40FN3O4S. The second-order valence-corrected chi connectivity index (χ2v) is 13.8. The summed E-state index contributed by atoms with van der Waals surface area (Å²) in [5.41, 5.74) is 4.24. The van der Waals surface area contributed by atoms with Gasteiger partial charge in [0.2, 0.25) is 0 Å². The fourth-order valence-electron chi connectivity index (χ4n) is 5.36. The lowest BCUT2D eigenvalue weighted by atomic mass is 9.91. The fraction of sp³-hybridized carbons (Fsp3) is 0.469. The molecule has 5 rings (SSSR count). The van der Waals surface area contributed by atoms with Crippen molar-refractivity contribution in [2.45, 2.75) is 69.9 Å². The summed E-state index contributed by atoms with van der Waals surface area (Å²) in [7, 11) is -3.96. The molecule has 0 bridgehead atoms. The zero-order valence-corrected chi connectivity index (χ0v) is 25.0. The second-order valence-electron chi connectivity index (χ2n) is 12.1. The summed E-state index contributed by atoms with van der Waals surface area (Å²) in [4.78, 5) is 7.10. The van der Waals surface area contributed by atoms with Gasteiger partial charge in [0.15, 0.2) is 5.82 Å². The number of benzene rings is 2. The average molecular weight is 582 g/mol. The van der Waals surface area contributed by atoms with Crippen molar-refractivity contribution in [3.63, 3.8) is 0 Å². The standard InChI is InChI=1S/C32H40FN3O4S/c1-32(2,3)31-9-4-24(20-34-31)21-36-14-10-25-18-28(7-5-26(25)22-36)41(37,38)35-30-8-6-27(19-29(30)33)40-17-13-23-11-15-39-16-12-23/h4-9,18-20,23,35H,10-17,21-22H2,1-3H3. The molecule has 2 aliphatic rings. The van der Waals surface area contributed by atoms with E-state index in [1.165, 1.54) is 12.1 Å². The van der Waals surface area contributed by atoms with E-state index in [1.807, 2.05) is 12.3 Å². The Kier molecular flexibility index (Phi) is 8.97. The van der Waals surface area contributed by atoms with E-state index in [0.29, 0.717) is 18.3 Å². The van der Waals surface area contributed by atoms with Crippen LogP contribution in [0.5, 0.6) is 5.75 Å². The molecule has 0 saturated carbocycles. The van der Waals surface area contributed by atoms with Crippen molar-refractivity contribution in [2.24, 2.45) is 5.92 Å². The third-order valence-electron chi connectivity index (χ3n) is 7.90. The molecule has 1 N–H and O–H groups in total. The Hall–Kier alpha value is -3.01. The van der Waals surface area contributed by atoms with Crippen LogP contribution in [0.3, 0.4) is 0 Å². The zero-order valence-electron chi connectivity index (χ0n) is 24.2. The van der Waals surface area contributed by atoms with Gasteiger partial charge in [-0.25, -0.2) is 12.8 Å². The first-order chi connectivity index (χ1) is 19.6. The summed E-state index contributed by atoms with van der Waals surface area (Å²) in [5, 5.41) is 0. The minimum atomic E-state index is -3.96. The summed E-state index contributed by atoms with van der Waals surface area (Å²) in [6, 6.07) is 13.6. The minimum Gasteiger partial charge on any atom is -0.493 e. The highest BCUT2D eigenvalue weighted by Gasteiger charge is 2.23. The third kappa shape index (κ3) is 7.64. The highest BCUT2D eigenvalue weighted by molar-refractivity contribution is 7.92. The number of halogens is 1. The molecule has 3 heterocycles. The van der Waals surface area contributed by atoms with Gasteiger partial charge in [0.05, 0.1) is 17.2 Å². The molecule has 0 atom stereocenters. The first-order valence-electron chi connectivity index (χ1n) is 14.4. The second kappa shape index (κ2) is 12.5. The van der Waals surface area contributed by atoms with E-state index in [4.69, 9.17) is 9.47 Å². The van der Waals surface area contributed by atoms with Gasteiger partial charge in [-0.2, -0.15) is 0 Å². The molecule has 0 spiro atoms. The van der Waals surface area contributed by atoms with Crippen LogP contribution in [-0.2, 0) is 39.7 Å². The third-order valence-corrected chi connectivity index (χ3v) is 9.26. The van der Waals surface area contributed by atoms with Gasteiger partial charge in [0, 0.05) is 56.2 Å². The van der Waals surface area contributed by atoms with Crippen LogP contribution in [0.2, 0.25) is 0 Å². The Bertz CT molecular complexity index is 1450. The fourth-order valence-corrected chi connectivity index (χ4v) is 6.48. The topological polar surface area (TPSA) is 80.8 Å². The smallest absolute Gasteiger partial charge is 0.261 e. The van der Waals surface area contributed by atoms with E-state index >= 15 is 0 Å². The number of rotatable bonds is 9. The van der Waals surface area contributed by atoms with Crippen LogP contribution in [0, 0.1) is 11.7 Å². The maximum atomic E-state index is 14.8. The highest BCUT2D eigenvalue weighted by Crippen LogP contribution is 2.28. The molecule has 3 aromatic rings. The van der Waals surface area contributed by atoms with Crippen molar-refractivity contribution < 1.29 is 22.3 Å². The molecule has 0 amide bonds. The van der Waals surface area contributed by atoms with Crippen molar-refractivity contribution in [2.75, 3.05) is 31.1 Å². The van der Waals surface area contributed by atoms with E-state index in [1.54, 1.807) is 18.2 Å². The van der Waals surface area contributed by atoms with Gasteiger partial charge in [0.25, 0.3) is 10.0 Å². The van der Waals surface area contributed by atoms with Gasteiger partial charge in [-0.05, 0) is 78.6 Å². The molecule has 2 aliphatic heterocycles. The quantitative estimate of drug-likeness (QED) is 0.330. The average Bonchev–Trinajstić information content (AvgIpc) is 2.94. The minimum absolute atomic E-state index is 0.0176. The van der Waals surface area contributed by atoms with Crippen molar-refractivity contribution >= 4 is 15.7 Å². The summed E-state index contributed by atoms with van der Waals surface area (Å²) < 4.78 is 54.6. The van der Waals surface area contributed by atoms with Crippen LogP contribution in [0.15, 0.2) is 59.6 Å². The van der Waals surface area contributed by atoms with E-state index < -0.39 is 15.8 Å². The van der Waals surface area contributed by atoms with Crippen molar-refractivity contribution in [3.05, 3.63) is 82.9 Å². The number of ether oxygens (including phenoxy) is 2.